The molecule has 0 N–H and O–H groups in total. The van der Waals surface area contributed by atoms with Crippen LogP contribution in [0, 0.1) is 5.92 Å². The summed E-state index contributed by atoms with van der Waals surface area (Å²) < 4.78 is 6.53. The summed E-state index contributed by atoms with van der Waals surface area (Å²) in [5, 5.41) is 0.277. The molecular formula is C16H33ClOSi. The second-order valence-electron chi connectivity index (χ2n) is 7.81. The van der Waals surface area contributed by atoms with Gasteiger partial charge in [-0.15, -0.1) is 0 Å². The molecule has 114 valence electrons. The van der Waals surface area contributed by atoms with Gasteiger partial charge in [0, 0.05) is 5.54 Å². The Kier molecular flexibility index (Phi) is 7.36. The van der Waals surface area contributed by atoms with E-state index in [0.29, 0.717) is 5.92 Å². The molecule has 0 aliphatic carbocycles. The van der Waals surface area contributed by atoms with Crippen molar-refractivity contribution in [2.45, 2.75) is 84.5 Å². The minimum atomic E-state index is -1.67. The summed E-state index contributed by atoms with van der Waals surface area (Å²) >= 11 is 5.60. The summed E-state index contributed by atoms with van der Waals surface area (Å²) in [6, 6.07) is 0. The molecule has 1 nitrogen and oxygen atoms in total. The van der Waals surface area contributed by atoms with Gasteiger partial charge in [-0.1, -0.05) is 51.8 Å². The first-order valence-electron chi connectivity index (χ1n) is 7.38. The summed E-state index contributed by atoms with van der Waals surface area (Å²) in [7, 11) is -1.67. The molecule has 0 fully saturated rings. The van der Waals surface area contributed by atoms with Gasteiger partial charge in [0.1, 0.15) is 0 Å². The van der Waals surface area contributed by atoms with Crippen LogP contribution in [0.3, 0.4) is 0 Å². The maximum atomic E-state index is 6.53. The fourth-order valence-electron chi connectivity index (χ4n) is 1.97. The van der Waals surface area contributed by atoms with Gasteiger partial charge >= 0.3 is 0 Å². The lowest BCUT2D eigenvalue weighted by atomic mass is 9.97. The predicted molar refractivity (Wildman–Crippen MR) is 90.4 cm³/mol. The van der Waals surface area contributed by atoms with E-state index in [1.54, 1.807) is 5.54 Å². The van der Waals surface area contributed by atoms with E-state index in [9.17, 15) is 0 Å². The zero-order valence-corrected chi connectivity index (χ0v) is 15.9. The van der Waals surface area contributed by atoms with Crippen LogP contribution in [0.25, 0.3) is 0 Å². The second kappa shape index (κ2) is 7.28. The molecule has 19 heavy (non-hydrogen) atoms. The van der Waals surface area contributed by atoms with Crippen molar-refractivity contribution in [2.75, 3.05) is 0 Å². The third-order valence-electron chi connectivity index (χ3n) is 4.18. The van der Waals surface area contributed by atoms with Crippen molar-refractivity contribution in [3.8, 4) is 0 Å². The van der Waals surface area contributed by atoms with Gasteiger partial charge in [0.2, 0.25) is 0 Å². The molecule has 0 aromatic heterocycles. The molecule has 0 bridgehead atoms. The molecule has 0 aromatic rings. The molecule has 0 aliphatic rings. The number of rotatable bonds is 7. The van der Waals surface area contributed by atoms with Crippen LogP contribution in [-0.4, -0.2) is 13.9 Å². The first kappa shape index (κ1) is 19.2. The second-order valence-corrected chi connectivity index (χ2v) is 12.8. The lowest BCUT2D eigenvalue weighted by Crippen LogP contribution is -2.47. The van der Waals surface area contributed by atoms with Gasteiger partial charge in [0.05, 0.1) is 5.60 Å². The summed E-state index contributed by atoms with van der Waals surface area (Å²) in [6.07, 6.45) is 5.53. The van der Waals surface area contributed by atoms with Crippen LogP contribution < -0.4 is 0 Å². The molecule has 3 heteroatoms. The molecule has 0 aliphatic heterocycles. The molecular weight excluding hydrogens is 272 g/mol. The minimum Gasteiger partial charge on any atom is -0.412 e. The van der Waals surface area contributed by atoms with Crippen LogP contribution in [0.4, 0.5) is 0 Å². The van der Waals surface area contributed by atoms with Crippen LogP contribution in [0.15, 0.2) is 11.6 Å². The number of halogens is 1. The van der Waals surface area contributed by atoms with Crippen molar-refractivity contribution in [1.82, 2.24) is 0 Å². The molecule has 0 heterocycles. The minimum absolute atomic E-state index is 0.0204. The largest absolute Gasteiger partial charge is 0.412 e. The standard InChI is InChI=1S/C16H33ClOSi/c1-14(11-13-17)10-9-12-16(5,6)18-19(7,8)15(2,3)4/h11,13-14H,9-10,12H2,1-8H3. The maximum Gasteiger partial charge on any atom is 0.192 e. The van der Waals surface area contributed by atoms with E-state index in [2.05, 4.69) is 60.7 Å². The molecule has 1 atom stereocenters. The van der Waals surface area contributed by atoms with Gasteiger partial charge in [0.25, 0.3) is 0 Å². The van der Waals surface area contributed by atoms with E-state index in [1.165, 1.54) is 12.8 Å². The molecule has 0 aromatic carbocycles. The van der Waals surface area contributed by atoms with Crippen molar-refractivity contribution in [1.29, 1.82) is 0 Å². The highest BCUT2D eigenvalue weighted by Gasteiger charge is 2.41. The topological polar surface area (TPSA) is 9.23 Å². The molecule has 0 amide bonds. The number of allylic oxidation sites excluding steroid dienone is 1. The fraction of sp³-hybridized carbons (Fsp3) is 0.875. The van der Waals surface area contributed by atoms with E-state index in [4.69, 9.17) is 16.0 Å². The Labute approximate surface area is 126 Å². The van der Waals surface area contributed by atoms with Gasteiger partial charge in [-0.3, -0.25) is 0 Å². The monoisotopic (exact) mass is 304 g/mol. The summed E-state index contributed by atoms with van der Waals surface area (Å²) in [5.74, 6) is 0.557. The number of hydrogen-bond acceptors (Lipinski definition) is 1. The van der Waals surface area contributed by atoms with Gasteiger partial charge in [-0.25, -0.2) is 0 Å². The molecule has 1 unspecified atom stereocenters. The lowest BCUT2D eigenvalue weighted by Gasteiger charge is -2.43. The summed E-state index contributed by atoms with van der Waals surface area (Å²) in [4.78, 5) is 0. The van der Waals surface area contributed by atoms with Crippen LogP contribution >= 0.6 is 11.6 Å². The highest BCUT2D eigenvalue weighted by molar-refractivity contribution is 6.74. The normalized spacial score (nSPS) is 16.1. The zero-order chi connectivity index (χ0) is 15.3. The molecule has 0 spiro atoms. The number of hydrogen-bond donors (Lipinski definition) is 0. The zero-order valence-electron chi connectivity index (χ0n) is 14.1. The van der Waals surface area contributed by atoms with Crippen LogP contribution in [-0.2, 0) is 4.43 Å². The van der Waals surface area contributed by atoms with Crippen molar-refractivity contribution in [3.05, 3.63) is 11.6 Å². The van der Waals surface area contributed by atoms with Crippen molar-refractivity contribution in [3.63, 3.8) is 0 Å². The Morgan fingerprint density at radius 2 is 1.68 bits per heavy atom. The van der Waals surface area contributed by atoms with Gasteiger partial charge in [-0.05, 0) is 50.7 Å². The Morgan fingerprint density at radius 1 is 1.16 bits per heavy atom. The fourth-order valence-corrected chi connectivity index (χ4v) is 4.00. The SMILES string of the molecule is CC(C=CCl)CCCC(C)(C)O[Si](C)(C)C(C)(C)C. The average Bonchev–Trinajstić information content (AvgIpc) is 2.13. The molecule has 0 radical (unpaired) electrons. The van der Waals surface area contributed by atoms with E-state index in [-0.39, 0.29) is 10.6 Å². The maximum absolute atomic E-state index is 6.53. The van der Waals surface area contributed by atoms with Crippen molar-refractivity contribution >= 4 is 19.9 Å². The van der Waals surface area contributed by atoms with Gasteiger partial charge in [-0.2, -0.15) is 0 Å². The first-order chi connectivity index (χ1) is 8.41. The Morgan fingerprint density at radius 3 is 2.11 bits per heavy atom. The van der Waals surface area contributed by atoms with Crippen molar-refractivity contribution < 1.29 is 4.43 Å². The Balaban J connectivity index is 4.33. The van der Waals surface area contributed by atoms with E-state index < -0.39 is 8.32 Å². The lowest BCUT2D eigenvalue weighted by molar-refractivity contribution is 0.0788. The van der Waals surface area contributed by atoms with Crippen LogP contribution in [0.5, 0.6) is 0 Å². The van der Waals surface area contributed by atoms with Gasteiger partial charge < -0.3 is 4.43 Å². The molecule has 0 saturated carbocycles. The first-order valence-corrected chi connectivity index (χ1v) is 10.7. The highest BCUT2D eigenvalue weighted by atomic mass is 35.5. The molecule has 0 rings (SSSR count). The van der Waals surface area contributed by atoms with Gasteiger partial charge in [0.15, 0.2) is 8.32 Å². The van der Waals surface area contributed by atoms with Crippen molar-refractivity contribution in [2.24, 2.45) is 5.92 Å². The molecule has 0 saturated heterocycles. The third kappa shape index (κ3) is 7.53. The van der Waals surface area contributed by atoms with E-state index in [0.717, 1.165) is 6.42 Å². The highest BCUT2D eigenvalue weighted by Crippen LogP contribution is 2.40. The Hall–Kier alpha value is 0.207. The third-order valence-corrected chi connectivity index (χ3v) is 9.00. The van der Waals surface area contributed by atoms with Crippen LogP contribution in [0.1, 0.15) is 60.8 Å². The smallest absolute Gasteiger partial charge is 0.192 e. The Bertz CT molecular complexity index is 290. The van der Waals surface area contributed by atoms with Crippen LogP contribution in [0.2, 0.25) is 18.1 Å². The summed E-state index contributed by atoms with van der Waals surface area (Å²) in [6.45, 7) is 18.2. The van der Waals surface area contributed by atoms with E-state index in [1.807, 2.05) is 0 Å². The van der Waals surface area contributed by atoms with E-state index >= 15 is 0 Å². The quantitative estimate of drug-likeness (QED) is 0.498. The predicted octanol–water partition coefficient (Wildman–Crippen LogP) is 6.35. The summed E-state index contributed by atoms with van der Waals surface area (Å²) in [5.41, 5.74) is 1.61. The average molecular weight is 305 g/mol.